The normalized spacial score (nSPS) is 18.6. The molecule has 3 heterocycles. The van der Waals surface area contributed by atoms with Crippen LogP contribution >= 0.6 is 11.3 Å². The highest BCUT2D eigenvalue weighted by atomic mass is 32.2. The number of rotatable bonds is 3. The van der Waals surface area contributed by atoms with Crippen LogP contribution in [0.4, 0.5) is 5.69 Å². The van der Waals surface area contributed by atoms with E-state index in [1.54, 1.807) is 29.6 Å². The van der Waals surface area contributed by atoms with Crippen LogP contribution in [0.3, 0.4) is 0 Å². The van der Waals surface area contributed by atoms with Crippen molar-refractivity contribution in [3.63, 3.8) is 0 Å². The lowest BCUT2D eigenvalue weighted by molar-refractivity contribution is 0.478. The van der Waals surface area contributed by atoms with Crippen molar-refractivity contribution in [3.8, 4) is 5.75 Å². The van der Waals surface area contributed by atoms with Gasteiger partial charge in [-0.3, -0.25) is 4.79 Å². The van der Waals surface area contributed by atoms with Gasteiger partial charge in [0.15, 0.2) is 11.6 Å². The van der Waals surface area contributed by atoms with Crippen molar-refractivity contribution in [2.45, 2.75) is 49.5 Å². The molecule has 10 heteroatoms. The first-order valence-electron chi connectivity index (χ1n) is 10.3. The van der Waals surface area contributed by atoms with E-state index in [2.05, 4.69) is 15.1 Å². The molecule has 1 aromatic carbocycles. The van der Waals surface area contributed by atoms with Crippen LogP contribution in [-0.4, -0.2) is 30.1 Å². The number of benzene rings is 1. The number of hydrogen-bond acceptors (Lipinski definition) is 7. The quantitative estimate of drug-likeness (QED) is 0.517. The molecule has 0 radical (unpaired) electrons. The Bertz CT molecular complexity index is 1350. The fraction of sp³-hybridized carbons (Fsp3) is 0.333. The van der Waals surface area contributed by atoms with E-state index >= 15 is 0 Å². The summed E-state index contributed by atoms with van der Waals surface area (Å²) in [7, 11) is -4.01. The minimum Gasteiger partial charge on any atom is -0.505 e. The van der Waals surface area contributed by atoms with Crippen LogP contribution < -0.4 is 16.3 Å². The summed E-state index contributed by atoms with van der Waals surface area (Å²) in [5.41, 5.74) is 3.53. The van der Waals surface area contributed by atoms with Gasteiger partial charge in [0.25, 0.3) is 15.6 Å². The second-order valence-corrected chi connectivity index (χ2v) is 10.3. The summed E-state index contributed by atoms with van der Waals surface area (Å²) >= 11 is 1.28. The first kappa shape index (κ1) is 20.1. The van der Waals surface area contributed by atoms with Gasteiger partial charge in [0, 0.05) is 6.04 Å². The molecule has 1 aliphatic heterocycles. The average Bonchev–Trinajstić information content (AvgIpc) is 3.09. The molecule has 3 N–H and O–H groups in total. The Morgan fingerprint density at radius 1 is 1.13 bits per heavy atom. The molecule has 1 aliphatic carbocycles. The van der Waals surface area contributed by atoms with Crippen molar-refractivity contribution in [1.82, 2.24) is 4.68 Å². The Kier molecular flexibility index (Phi) is 4.98. The van der Waals surface area contributed by atoms with Gasteiger partial charge in [0.05, 0.1) is 15.9 Å². The lowest BCUT2D eigenvalue weighted by Crippen LogP contribution is -2.39. The molecule has 2 aliphatic rings. The number of sulfonamides is 1. The number of aromatic hydroxyl groups is 1. The maximum atomic E-state index is 13.5. The smallest absolute Gasteiger partial charge is 0.286 e. The highest BCUT2D eigenvalue weighted by Gasteiger charge is 2.30. The molecule has 5 rings (SSSR count). The molecular formula is C21H22N4O4S2. The molecule has 0 bridgehead atoms. The number of hydrogen-bond donors (Lipinski definition) is 3. The first-order valence-corrected chi connectivity index (χ1v) is 12.6. The van der Waals surface area contributed by atoms with Gasteiger partial charge < -0.3 is 15.8 Å². The lowest BCUT2D eigenvalue weighted by Gasteiger charge is -2.23. The van der Waals surface area contributed by atoms with E-state index in [0.29, 0.717) is 15.9 Å². The Hall–Kier alpha value is -2.85. The number of amidine groups is 1. The molecule has 2 aromatic heterocycles. The van der Waals surface area contributed by atoms with Crippen molar-refractivity contribution in [3.05, 3.63) is 51.6 Å². The van der Waals surface area contributed by atoms with Crippen LogP contribution in [0.2, 0.25) is 0 Å². The molecule has 0 unspecified atom stereocenters. The van der Waals surface area contributed by atoms with Gasteiger partial charge in [0.1, 0.15) is 10.5 Å². The highest BCUT2D eigenvalue weighted by molar-refractivity contribution is 7.90. The van der Waals surface area contributed by atoms with E-state index < -0.39 is 15.6 Å². The summed E-state index contributed by atoms with van der Waals surface area (Å²) in [4.78, 5) is 13.5. The number of aromatic nitrogens is 1. The van der Waals surface area contributed by atoms with Crippen LogP contribution in [0.25, 0.3) is 10.2 Å². The number of pyridine rings is 1. The molecule has 3 aromatic rings. The Morgan fingerprint density at radius 3 is 2.65 bits per heavy atom. The van der Waals surface area contributed by atoms with Gasteiger partial charge in [-0.25, -0.2) is 4.68 Å². The van der Waals surface area contributed by atoms with Crippen LogP contribution in [0.15, 0.2) is 49.8 Å². The zero-order valence-corrected chi connectivity index (χ0v) is 18.3. The second-order valence-electron chi connectivity index (χ2n) is 7.85. The second kappa shape index (κ2) is 7.69. The zero-order valence-electron chi connectivity index (χ0n) is 16.7. The minimum atomic E-state index is -4.01. The number of thiophene rings is 1. The number of anilines is 1. The van der Waals surface area contributed by atoms with Gasteiger partial charge >= 0.3 is 0 Å². The topological polar surface area (TPSA) is 113 Å². The third-order valence-electron chi connectivity index (χ3n) is 5.79. The number of fused-ring (bicyclic) bond motifs is 2. The van der Waals surface area contributed by atoms with Gasteiger partial charge in [-0.2, -0.15) is 8.42 Å². The van der Waals surface area contributed by atoms with Crippen molar-refractivity contribution >= 4 is 43.1 Å². The molecule has 0 saturated heterocycles. The third kappa shape index (κ3) is 3.49. The predicted octanol–water partition coefficient (Wildman–Crippen LogP) is 3.60. The van der Waals surface area contributed by atoms with Crippen LogP contribution in [-0.2, 0) is 10.0 Å². The fourth-order valence-electron chi connectivity index (χ4n) is 4.25. The van der Waals surface area contributed by atoms with E-state index in [-0.39, 0.29) is 28.1 Å². The van der Waals surface area contributed by atoms with Crippen LogP contribution in [0.1, 0.15) is 44.1 Å². The first-order chi connectivity index (χ1) is 15.0. The Balaban J connectivity index is 1.66. The summed E-state index contributed by atoms with van der Waals surface area (Å²) in [5.74, 6) is -0.442. The summed E-state index contributed by atoms with van der Waals surface area (Å²) in [6, 6.07) is 8.26. The SMILES string of the molecule is O=c1c(C2=NS(=O)(=O)c3ccccc3N2)c(O)c2sccc2n1NC1CCCCCC1. The van der Waals surface area contributed by atoms with Gasteiger partial charge in [-0.05, 0) is 36.4 Å². The summed E-state index contributed by atoms with van der Waals surface area (Å²) < 4.78 is 31.2. The molecule has 0 amide bonds. The maximum absolute atomic E-state index is 13.5. The molecule has 1 fully saturated rings. The summed E-state index contributed by atoms with van der Waals surface area (Å²) in [6.45, 7) is 0. The zero-order chi connectivity index (χ0) is 21.6. The number of nitrogens with zero attached hydrogens (tertiary/aromatic N) is 2. The van der Waals surface area contributed by atoms with Crippen molar-refractivity contribution in [2.24, 2.45) is 4.40 Å². The monoisotopic (exact) mass is 458 g/mol. The Morgan fingerprint density at radius 2 is 1.87 bits per heavy atom. The Labute approximate surface area is 183 Å². The van der Waals surface area contributed by atoms with Crippen LogP contribution in [0, 0.1) is 0 Å². The fourth-order valence-corrected chi connectivity index (χ4v) is 6.20. The molecule has 31 heavy (non-hydrogen) atoms. The number of para-hydroxylation sites is 1. The molecule has 0 spiro atoms. The summed E-state index contributed by atoms with van der Waals surface area (Å²) in [6.07, 6.45) is 6.45. The molecule has 0 atom stereocenters. The van der Waals surface area contributed by atoms with Crippen LogP contribution in [0.5, 0.6) is 5.75 Å². The largest absolute Gasteiger partial charge is 0.505 e. The summed E-state index contributed by atoms with van der Waals surface area (Å²) in [5, 5.41) is 15.6. The van der Waals surface area contributed by atoms with E-state index in [9.17, 15) is 18.3 Å². The highest BCUT2D eigenvalue weighted by Crippen LogP contribution is 2.34. The molecule has 162 valence electrons. The van der Waals surface area contributed by atoms with E-state index in [4.69, 9.17) is 0 Å². The van der Waals surface area contributed by atoms with E-state index in [0.717, 1.165) is 25.7 Å². The standard InChI is InChI=1S/C21H22N4O4S2/c26-18-17(20-22-14-9-5-6-10-16(14)31(28,29)24-20)21(27)25(15-11-12-30-19(15)18)23-13-7-3-1-2-4-8-13/h5-6,9-13,23,26H,1-4,7-8H2,(H,22,24). The van der Waals surface area contributed by atoms with Gasteiger partial charge in [-0.15, -0.1) is 15.7 Å². The lowest BCUT2D eigenvalue weighted by atomic mass is 10.1. The molecule has 1 saturated carbocycles. The minimum absolute atomic E-state index is 0.0346. The van der Waals surface area contributed by atoms with Crippen molar-refractivity contribution in [1.29, 1.82) is 0 Å². The maximum Gasteiger partial charge on any atom is 0.286 e. The third-order valence-corrected chi connectivity index (χ3v) is 8.03. The molecule has 8 nitrogen and oxygen atoms in total. The van der Waals surface area contributed by atoms with Crippen molar-refractivity contribution in [2.75, 3.05) is 10.7 Å². The predicted molar refractivity (Wildman–Crippen MR) is 122 cm³/mol. The number of nitrogens with one attached hydrogen (secondary N) is 2. The van der Waals surface area contributed by atoms with Gasteiger partial charge in [0.2, 0.25) is 0 Å². The van der Waals surface area contributed by atoms with Crippen molar-refractivity contribution < 1.29 is 13.5 Å². The average molecular weight is 459 g/mol. The molecular weight excluding hydrogens is 436 g/mol. The van der Waals surface area contributed by atoms with Gasteiger partial charge in [-0.1, -0.05) is 37.8 Å². The van der Waals surface area contributed by atoms with E-state index in [1.165, 1.54) is 34.9 Å². The van der Waals surface area contributed by atoms with E-state index in [1.807, 2.05) is 0 Å².